The molecular formula is C19H28N2O2. The van der Waals surface area contributed by atoms with Gasteiger partial charge in [0.25, 0.3) is 0 Å². The van der Waals surface area contributed by atoms with E-state index in [2.05, 4.69) is 29.2 Å². The predicted octanol–water partition coefficient (Wildman–Crippen LogP) is 2.95. The van der Waals surface area contributed by atoms with Gasteiger partial charge in [-0.1, -0.05) is 24.3 Å². The Morgan fingerprint density at radius 1 is 1.30 bits per heavy atom. The first kappa shape index (κ1) is 16.3. The normalized spacial score (nSPS) is 21.9. The third-order valence-corrected chi connectivity index (χ3v) is 5.32. The van der Waals surface area contributed by atoms with Crippen LogP contribution < -0.4 is 0 Å². The molecule has 1 unspecified atom stereocenters. The summed E-state index contributed by atoms with van der Waals surface area (Å²) in [4.78, 5) is 16.0. The molecule has 1 atom stereocenters. The van der Waals surface area contributed by atoms with Crippen molar-refractivity contribution >= 4 is 6.09 Å². The minimum Gasteiger partial charge on any atom is -0.449 e. The average Bonchev–Trinajstić information content (AvgIpc) is 3.03. The number of hydrogen-bond acceptors (Lipinski definition) is 3. The van der Waals surface area contributed by atoms with Crippen LogP contribution in [-0.2, 0) is 17.6 Å². The van der Waals surface area contributed by atoms with Crippen LogP contribution >= 0.6 is 0 Å². The van der Waals surface area contributed by atoms with E-state index in [9.17, 15) is 4.79 Å². The molecule has 1 aromatic carbocycles. The van der Waals surface area contributed by atoms with Crippen LogP contribution in [0.1, 0.15) is 30.9 Å². The summed E-state index contributed by atoms with van der Waals surface area (Å²) >= 11 is 0. The van der Waals surface area contributed by atoms with E-state index in [1.54, 1.807) is 11.9 Å². The monoisotopic (exact) mass is 316 g/mol. The Hall–Kier alpha value is -1.55. The van der Waals surface area contributed by atoms with Gasteiger partial charge in [0, 0.05) is 32.1 Å². The number of likely N-dealkylation sites (tertiary alicyclic amines) is 1. The molecule has 126 valence electrons. The molecule has 0 radical (unpaired) electrons. The fraction of sp³-hybridized carbons (Fsp3) is 0.632. The number of rotatable bonds is 4. The Labute approximate surface area is 139 Å². The summed E-state index contributed by atoms with van der Waals surface area (Å²) in [5.41, 5.74) is 3.02. The van der Waals surface area contributed by atoms with Gasteiger partial charge in [0.1, 0.15) is 0 Å². The molecule has 1 fully saturated rings. The molecule has 0 saturated carbocycles. The van der Waals surface area contributed by atoms with Gasteiger partial charge in [-0.15, -0.1) is 0 Å². The van der Waals surface area contributed by atoms with Crippen molar-refractivity contribution in [3.05, 3.63) is 35.4 Å². The van der Waals surface area contributed by atoms with Gasteiger partial charge in [0.05, 0.1) is 6.61 Å². The minimum atomic E-state index is -0.196. The number of piperidine rings is 1. The number of carbonyl (C=O) groups excluding carboxylic acids is 1. The van der Waals surface area contributed by atoms with E-state index in [4.69, 9.17) is 4.74 Å². The van der Waals surface area contributed by atoms with Crippen molar-refractivity contribution < 1.29 is 9.53 Å². The number of benzene rings is 1. The zero-order valence-corrected chi connectivity index (χ0v) is 14.3. The van der Waals surface area contributed by atoms with E-state index in [-0.39, 0.29) is 6.09 Å². The van der Waals surface area contributed by atoms with Gasteiger partial charge in [0.2, 0.25) is 0 Å². The summed E-state index contributed by atoms with van der Waals surface area (Å²) in [6.07, 6.45) is 4.51. The van der Waals surface area contributed by atoms with Gasteiger partial charge in [0.15, 0.2) is 0 Å². The highest BCUT2D eigenvalue weighted by molar-refractivity contribution is 5.67. The van der Waals surface area contributed by atoms with Crippen LogP contribution in [0.2, 0.25) is 0 Å². The molecule has 0 aromatic heterocycles. The van der Waals surface area contributed by atoms with Crippen molar-refractivity contribution in [2.45, 2.75) is 38.6 Å². The fourth-order valence-electron chi connectivity index (χ4n) is 3.79. The molecule has 23 heavy (non-hydrogen) atoms. The molecule has 0 N–H and O–H groups in total. The lowest BCUT2D eigenvalue weighted by molar-refractivity contribution is 0.0592. The lowest BCUT2D eigenvalue weighted by Gasteiger charge is -2.36. The van der Waals surface area contributed by atoms with E-state index in [1.165, 1.54) is 43.4 Å². The van der Waals surface area contributed by atoms with Crippen molar-refractivity contribution in [2.75, 3.05) is 33.3 Å². The maximum Gasteiger partial charge on any atom is 0.409 e. The van der Waals surface area contributed by atoms with Crippen molar-refractivity contribution in [2.24, 2.45) is 5.92 Å². The smallest absolute Gasteiger partial charge is 0.409 e. The van der Waals surface area contributed by atoms with Crippen LogP contribution in [-0.4, -0.2) is 55.2 Å². The quantitative estimate of drug-likeness (QED) is 0.856. The van der Waals surface area contributed by atoms with Crippen LogP contribution in [0.5, 0.6) is 0 Å². The van der Waals surface area contributed by atoms with E-state index >= 15 is 0 Å². The third kappa shape index (κ3) is 3.86. The summed E-state index contributed by atoms with van der Waals surface area (Å²) in [6, 6.07) is 9.44. The predicted molar refractivity (Wildman–Crippen MR) is 91.6 cm³/mol. The first-order valence-electron chi connectivity index (χ1n) is 8.86. The summed E-state index contributed by atoms with van der Waals surface area (Å²) in [5, 5.41) is 0. The topological polar surface area (TPSA) is 32.8 Å². The van der Waals surface area contributed by atoms with Crippen LogP contribution in [0.3, 0.4) is 0 Å². The maximum absolute atomic E-state index is 11.8. The number of fused-ring (bicyclic) bond motifs is 1. The summed E-state index contributed by atoms with van der Waals surface area (Å²) in [7, 11) is 1.78. The van der Waals surface area contributed by atoms with Gasteiger partial charge in [-0.3, -0.25) is 4.90 Å². The molecule has 4 nitrogen and oxygen atoms in total. The highest BCUT2D eigenvalue weighted by Crippen LogP contribution is 2.28. The van der Waals surface area contributed by atoms with Crippen molar-refractivity contribution in [1.29, 1.82) is 0 Å². The van der Waals surface area contributed by atoms with Crippen LogP contribution in [0, 0.1) is 5.92 Å². The highest BCUT2D eigenvalue weighted by Gasteiger charge is 2.30. The van der Waals surface area contributed by atoms with E-state index in [1.807, 2.05) is 6.92 Å². The lowest BCUT2D eigenvalue weighted by atomic mass is 9.97. The largest absolute Gasteiger partial charge is 0.449 e. The van der Waals surface area contributed by atoms with E-state index in [0.717, 1.165) is 6.54 Å². The Morgan fingerprint density at radius 2 is 2.00 bits per heavy atom. The van der Waals surface area contributed by atoms with E-state index in [0.29, 0.717) is 25.1 Å². The summed E-state index contributed by atoms with van der Waals surface area (Å²) in [5.74, 6) is 0.474. The highest BCUT2D eigenvalue weighted by atomic mass is 16.6. The molecule has 1 amide bonds. The first-order valence-corrected chi connectivity index (χ1v) is 8.86. The Bertz CT molecular complexity index is 521. The molecule has 3 rings (SSSR count). The second kappa shape index (κ2) is 7.35. The second-order valence-electron chi connectivity index (χ2n) is 6.93. The third-order valence-electron chi connectivity index (χ3n) is 5.32. The summed E-state index contributed by atoms with van der Waals surface area (Å²) < 4.78 is 5.47. The first-order chi connectivity index (χ1) is 11.2. The number of amides is 1. The Kier molecular flexibility index (Phi) is 5.21. The molecule has 1 saturated heterocycles. The maximum atomic E-state index is 11.8. The number of hydrogen-bond donors (Lipinski definition) is 0. The zero-order valence-electron chi connectivity index (χ0n) is 14.3. The molecule has 0 spiro atoms. The number of carbonyl (C=O) groups is 1. The fourth-order valence-corrected chi connectivity index (χ4v) is 3.79. The van der Waals surface area contributed by atoms with Crippen LogP contribution in [0.15, 0.2) is 24.3 Å². The van der Waals surface area contributed by atoms with Crippen LogP contribution in [0.4, 0.5) is 4.79 Å². The lowest BCUT2D eigenvalue weighted by Crippen LogP contribution is -2.44. The SMILES string of the molecule is CCN(C)C(=O)OCC1CCCN(C2Cc3ccccc3C2)C1. The van der Waals surface area contributed by atoms with Crippen molar-refractivity contribution in [3.63, 3.8) is 0 Å². The van der Waals surface area contributed by atoms with Crippen LogP contribution in [0.25, 0.3) is 0 Å². The second-order valence-corrected chi connectivity index (χ2v) is 6.93. The Morgan fingerprint density at radius 3 is 2.65 bits per heavy atom. The number of nitrogens with zero attached hydrogens (tertiary/aromatic N) is 2. The molecule has 2 aliphatic rings. The Balaban J connectivity index is 1.50. The van der Waals surface area contributed by atoms with Gasteiger partial charge in [-0.05, 0) is 50.3 Å². The van der Waals surface area contributed by atoms with Gasteiger partial charge in [-0.2, -0.15) is 0 Å². The minimum absolute atomic E-state index is 0.196. The van der Waals surface area contributed by atoms with Crippen molar-refractivity contribution in [1.82, 2.24) is 9.80 Å². The molecule has 4 heteroatoms. The van der Waals surface area contributed by atoms with Gasteiger partial charge < -0.3 is 9.64 Å². The number of ether oxygens (including phenoxy) is 1. The summed E-state index contributed by atoms with van der Waals surface area (Å²) in [6.45, 7) is 5.44. The van der Waals surface area contributed by atoms with Gasteiger partial charge >= 0.3 is 6.09 Å². The van der Waals surface area contributed by atoms with Gasteiger partial charge in [-0.25, -0.2) is 4.79 Å². The zero-order chi connectivity index (χ0) is 16.2. The molecule has 0 bridgehead atoms. The molecular weight excluding hydrogens is 288 g/mol. The van der Waals surface area contributed by atoms with Crippen molar-refractivity contribution in [3.8, 4) is 0 Å². The molecule has 1 heterocycles. The van der Waals surface area contributed by atoms with E-state index < -0.39 is 0 Å². The molecule has 1 aliphatic carbocycles. The molecule has 1 aromatic rings. The average molecular weight is 316 g/mol. The molecule has 1 aliphatic heterocycles. The standard InChI is InChI=1S/C19H28N2O2/c1-3-20(2)19(22)23-14-15-7-6-10-21(13-15)18-11-16-8-4-5-9-17(16)12-18/h4-5,8-9,15,18H,3,6-7,10-14H2,1-2H3.